The fourth-order valence-electron chi connectivity index (χ4n) is 4.45. The van der Waals surface area contributed by atoms with E-state index in [0.717, 1.165) is 28.1 Å². The number of carbonyl (C=O) groups excluding carboxylic acids is 2. The van der Waals surface area contributed by atoms with Gasteiger partial charge in [0.2, 0.25) is 0 Å². The second-order valence-electron chi connectivity index (χ2n) is 7.86. The van der Waals surface area contributed by atoms with E-state index in [2.05, 4.69) is 21.0 Å². The quantitative estimate of drug-likeness (QED) is 0.541. The lowest BCUT2D eigenvalue weighted by molar-refractivity contribution is -0.116. The van der Waals surface area contributed by atoms with Crippen molar-refractivity contribution in [2.45, 2.75) is 19.3 Å². The molecule has 5 nitrogen and oxygen atoms in total. The van der Waals surface area contributed by atoms with Crippen LogP contribution in [0.4, 0.5) is 4.39 Å². The van der Waals surface area contributed by atoms with Gasteiger partial charge in [0.25, 0.3) is 5.91 Å². The van der Waals surface area contributed by atoms with Gasteiger partial charge in [0.15, 0.2) is 5.78 Å². The zero-order valence-corrected chi connectivity index (χ0v) is 18.4. The van der Waals surface area contributed by atoms with Gasteiger partial charge >= 0.3 is 0 Å². The van der Waals surface area contributed by atoms with Crippen LogP contribution in [0.5, 0.6) is 0 Å². The lowest BCUT2D eigenvalue weighted by Gasteiger charge is -2.36. The van der Waals surface area contributed by atoms with E-state index in [0.29, 0.717) is 17.4 Å². The molecule has 0 radical (unpaired) electrons. The van der Waals surface area contributed by atoms with Crippen LogP contribution in [-0.2, 0) is 4.79 Å². The predicted octanol–water partition coefficient (Wildman–Crippen LogP) is 4.56. The maximum atomic E-state index is 13.9. The third-order valence-electron chi connectivity index (χ3n) is 6.00. The van der Waals surface area contributed by atoms with Crippen LogP contribution in [-0.4, -0.2) is 39.5 Å². The lowest BCUT2D eigenvalue weighted by atomic mass is 9.81. The number of carbonyl (C=O) groups is 2. The van der Waals surface area contributed by atoms with Gasteiger partial charge in [-0.05, 0) is 58.6 Å². The Hall–Kier alpha value is -3.06. The van der Waals surface area contributed by atoms with Gasteiger partial charge in [0.05, 0.1) is 34.5 Å². The summed E-state index contributed by atoms with van der Waals surface area (Å²) in [5.41, 5.74) is 4.46. The minimum absolute atomic E-state index is 0.0686. The van der Waals surface area contributed by atoms with Gasteiger partial charge in [0, 0.05) is 17.7 Å². The number of rotatable bonds is 2. The van der Waals surface area contributed by atoms with E-state index in [9.17, 15) is 14.0 Å². The van der Waals surface area contributed by atoms with Crippen molar-refractivity contribution in [3.05, 3.63) is 93.0 Å². The molecule has 1 aromatic heterocycles. The van der Waals surface area contributed by atoms with Gasteiger partial charge in [-0.3, -0.25) is 9.59 Å². The number of aromatic nitrogens is 2. The van der Waals surface area contributed by atoms with Gasteiger partial charge < -0.3 is 4.90 Å². The van der Waals surface area contributed by atoms with E-state index in [1.807, 2.05) is 41.9 Å². The molecule has 2 aliphatic rings. The van der Waals surface area contributed by atoms with Gasteiger partial charge in [-0.25, -0.2) is 9.07 Å². The molecule has 2 aromatic carbocycles. The highest BCUT2D eigenvalue weighted by atomic mass is 79.9. The number of aryl methyl sites for hydroxylation is 1. The highest BCUT2D eigenvalue weighted by molar-refractivity contribution is 9.10. The molecular weight excluding hydrogens is 461 g/mol. The van der Waals surface area contributed by atoms with Crippen LogP contribution in [0, 0.1) is 12.7 Å². The number of hydrogen-bond donors (Lipinski definition) is 0. The molecule has 0 fully saturated rings. The number of nitrogens with zero attached hydrogens (tertiary/aromatic N) is 3. The highest BCUT2D eigenvalue weighted by Crippen LogP contribution is 2.40. The van der Waals surface area contributed by atoms with E-state index in [1.54, 1.807) is 17.2 Å². The Morgan fingerprint density at radius 3 is 2.71 bits per heavy atom. The SMILES string of the molecule is Cc1cnn2c1C(c1ccccc1)C(=O)C1=C2CN(C(=O)c2ccc(Br)c(F)c2)CC1. The molecule has 3 heterocycles. The molecule has 5 rings (SSSR count). The fourth-order valence-corrected chi connectivity index (χ4v) is 4.70. The average Bonchev–Trinajstić information content (AvgIpc) is 3.17. The molecule has 1 atom stereocenters. The Labute approximate surface area is 187 Å². The topological polar surface area (TPSA) is 55.2 Å². The lowest BCUT2D eigenvalue weighted by Crippen LogP contribution is -2.42. The first kappa shape index (κ1) is 19.9. The largest absolute Gasteiger partial charge is 0.332 e. The number of hydrogen-bond acceptors (Lipinski definition) is 3. The fraction of sp³-hybridized carbons (Fsp3) is 0.208. The highest BCUT2D eigenvalue weighted by Gasteiger charge is 2.40. The summed E-state index contributed by atoms with van der Waals surface area (Å²) in [6.07, 6.45) is 2.21. The van der Waals surface area contributed by atoms with E-state index >= 15 is 0 Å². The number of ketones is 1. The van der Waals surface area contributed by atoms with E-state index in [-0.39, 0.29) is 23.8 Å². The summed E-state index contributed by atoms with van der Waals surface area (Å²) in [5, 5.41) is 4.55. The van der Waals surface area contributed by atoms with E-state index < -0.39 is 11.7 Å². The first-order valence-corrected chi connectivity index (χ1v) is 10.9. The Morgan fingerprint density at radius 2 is 1.97 bits per heavy atom. The zero-order chi connectivity index (χ0) is 21.7. The minimum Gasteiger partial charge on any atom is -0.332 e. The van der Waals surface area contributed by atoms with Gasteiger partial charge in [0.1, 0.15) is 5.82 Å². The molecule has 0 bridgehead atoms. The minimum atomic E-state index is -0.480. The third-order valence-corrected chi connectivity index (χ3v) is 6.64. The number of amides is 1. The van der Waals surface area contributed by atoms with Crippen LogP contribution in [0.2, 0.25) is 0 Å². The molecule has 0 spiro atoms. The van der Waals surface area contributed by atoms with Crippen molar-refractivity contribution < 1.29 is 14.0 Å². The summed E-state index contributed by atoms with van der Waals surface area (Å²) in [5.74, 6) is -1.07. The van der Waals surface area contributed by atoms with Crippen LogP contribution in [0.1, 0.15) is 39.5 Å². The van der Waals surface area contributed by atoms with Crippen molar-refractivity contribution in [1.82, 2.24) is 14.7 Å². The van der Waals surface area contributed by atoms with Crippen molar-refractivity contribution >= 4 is 33.3 Å². The van der Waals surface area contributed by atoms with Gasteiger partial charge in [-0.15, -0.1) is 0 Å². The summed E-state index contributed by atoms with van der Waals surface area (Å²) >= 11 is 3.12. The number of benzene rings is 2. The second kappa shape index (κ2) is 7.57. The maximum Gasteiger partial charge on any atom is 0.254 e. The summed E-state index contributed by atoms with van der Waals surface area (Å²) in [7, 11) is 0. The first-order valence-electron chi connectivity index (χ1n) is 10.1. The van der Waals surface area contributed by atoms with Crippen molar-refractivity contribution in [2.75, 3.05) is 13.1 Å². The van der Waals surface area contributed by atoms with Crippen molar-refractivity contribution in [3.63, 3.8) is 0 Å². The molecule has 0 aliphatic carbocycles. The monoisotopic (exact) mass is 479 g/mol. The molecule has 7 heteroatoms. The number of halogens is 2. The summed E-state index contributed by atoms with van der Waals surface area (Å²) in [4.78, 5) is 28.2. The third kappa shape index (κ3) is 3.24. The standard InChI is InChI=1S/C24H19BrFN3O2/c1-14-12-27-29-20-13-28(24(31)16-7-8-18(25)19(26)11-16)10-9-17(20)23(30)21(22(14)29)15-5-3-2-4-6-15/h2-8,11-12,21H,9-10,13H2,1H3. The van der Waals surface area contributed by atoms with Crippen molar-refractivity contribution in [2.24, 2.45) is 0 Å². The Balaban J connectivity index is 1.53. The Bertz CT molecular complexity index is 1250. The van der Waals surface area contributed by atoms with Crippen molar-refractivity contribution in [1.29, 1.82) is 0 Å². The molecule has 2 aliphatic heterocycles. The molecule has 156 valence electrons. The second-order valence-corrected chi connectivity index (χ2v) is 8.72. The van der Waals surface area contributed by atoms with Crippen LogP contribution >= 0.6 is 15.9 Å². The molecule has 3 aromatic rings. The molecule has 1 unspecified atom stereocenters. The normalized spacial score (nSPS) is 18.1. The summed E-state index contributed by atoms with van der Waals surface area (Å²) in [6, 6.07) is 14.1. The molecule has 0 N–H and O–H groups in total. The average molecular weight is 480 g/mol. The number of fused-ring (bicyclic) bond motifs is 2. The van der Waals surface area contributed by atoms with Gasteiger partial charge in [-0.1, -0.05) is 30.3 Å². The zero-order valence-electron chi connectivity index (χ0n) is 16.8. The Morgan fingerprint density at radius 1 is 1.19 bits per heavy atom. The first-order chi connectivity index (χ1) is 15.0. The summed E-state index contributed by atoms with van der Waals surface area (Å²) < 4.78 is 16.1. The molecule has 31 heavy (non-hydrogen) atoms. The van der Waals surface area contributed by atoms with E-state index in [4.69, 9.17) is 0 Å². The molecule has 0 saturated carbocycles. The van der Waals surface area contributed by atoms with Crippen LogP contribution in [0.15, 0.2) is 64.8 Å². The number of Topliss-reactive ketones (excluding diaryl/α,β-unsaturated/α-hetero) is 1. The van der Waals surface area contributed by atoms with Crippen LogP contribution in [0.25, 0.3) is 5.70 Å². The smallest absolute Gasteiger partial charge is 0.254 e. The predicted molar refractivity (Wildman–Crippen MR) is 118 cm³/mol. The van der Waals surface area contributed by atoms with E-state index in [1.165, 1.54) is 12.1 Å². The van der Waals surface area contributed by atoms with Gasteiger partial charge in [-0.2, -0.15) is 5.10 Å². The van der Waals surface area contributed by atoms with Crippen LogP contribution < -0.4 is 0 Å². The molecular formula is C24H19BrFN3O2. The summed E-state index contributed by atoms with van der Waals surface area (Å²) in [6.45, 7) is 2.61. The Kier molecular flexibility index (Phi) is 4.85. The molecule has 1 amide bonds. The maximum absolute atomic E-state index is 13.9. The van der Waals surface area contributed by atoms with Crippen molar-refractivity contribution in [3.8, 4) is 0 Å². The van der Waals surface area contributed by atoms with Crippen LogP contribution in [0.3, 0.4) is 0 Å². The molecule has 0 saturated heterocycles.